The van der Waals surface area contributed by atoms with Crippen LogP contribution in [0.15, 0.2) is 79.9 Å². The van der Waals surface area contributed by atoms with Crippen LogP contribution in [0, 0.1) is 11.8 Å². The number of nitrogens with zero attached hydrogens (tertiary/aromatic N) is 4. The maximum atomic E-state index is 14.9. The minimum Gasteiger partial charge on any atom is -0.396 e. The summed E-state index contributed by atoms with van der Waals surface area (Å²) < 4.78 is 6.78. The van der Waals surface area contributed by atoms with E-state index in [2.05, 4.69) is 47.8 Å². The zero-order chi connectivity index (χ0) is 33.7. The van der Waals surface area contributed by atoms with Gasteiger partial charge in [0.1, 0.15) is 11.6 Å². The van der Waals surface area contributed by atoms with Crippen molar-refractivity contribution < 1.29 is 24.2 Å². The molecule has 2 bridgehead atoms. The van der Waals surface area contributed by atoms with Crippen molar-refractivity contribution in [2.45, 2.75) is 62.2 Å². The summed E-state index contributed by atoms with van der Waals surface area (Å²) in [6, 6.07) is 16.7. The quantitative estimate of drug-likeness (QED) is 0.153. The minimum absolute atomic E-state index is 0.0180. The SMILES string of the molecule is C=CCN(Cc1ccccc1)C(=O)[C@H]1[C@@H]2OC3(CC2Br)C(C(=O)N(CC=C)c2ccc(N(CC)CC)cc2)N(CCCCO)C(=O)[C@H]13. The molecule has 1 spiro atoms. The number of ether oxygens (including phenoxy) is 1. The van der Waals surface area contributed by atoms with Gasteiger partial charge in [0.05, 0.1) is 17.9 Å². The zero-order valence-electron chi connectivity index (χ0n) is 27.5. The van der Waals surface area contributed by atoms with Gasteiger partial charge in [0.25, 0.3) is 5.91 Å². The molecule has 3 fully saturated rings. The Morgan fingerprint density at radius 1 is 1.00 bits per heavy atom. The Hall–Kier alpha value is -3.47. The van der Waals surface area contributed by atoms with Crippen LogP contribution >= 0.6 is 15.9 Å². The van der Waals surface area contributed by atoms with Gasteiger partial charge in [-0.2, -0.15) is 0 Å². The maximum absolute atomic E-state index is 14.9. The lowest BCUT2D eigenvalue weighted by atomic mass is 9.70. The lowest BCUT2D eigenvalue weighted by Crippen LogP contribution is -2.57. The maximum Gasteiger partial charge on any atom is 0.253 e. The van der Waals surface area contributed by atoms with Gasteiger partial charge in [-0.3, -0.25) is 14.4 Å². The summed E-state index contributed by atoms with van der Waals surface area (Å²) in [7, 11) is 0. The molecule has 3 aliphatic heterocycles. The fourth-order valence-corrected chi connectivity index (χ4v) is 8.70. The van der Waals surface area contributed by atoms with Crippen LogP contribution in [0.25, 0.3) is 0 Å². The first-order valence-electron chi connectivity index (χ1n) is 16.7. The highest BCUT2D eigenvalue weighted by molar-refractivity contribution is 9.09. The highest BCUT2D eigenvalue weighted by atomic mass is 79.9. The molecular weight excluding hydrogens is 660 g/mol. The number of carbonyl (C=O) groups is 3. The van der Waals surface area contributed by atoms with Gasteiger partial charge < -0.3 is 29.4 Å². The van der Waals surface area contributed by atoms with Crippen LogP contribution in [0.2, 0.25) is 0 Å². The second-order valence-electron chi connectivity index (χ2n) is 12.5. The van der Waals surface area contributed by atoms with E-state index in [1.165, 1.54) is 0 Å². The van der Waals surface area contributed by atoms with Gasteiger partial charge >= 0.3 is 0 Å². The summed E-state index contributed by atoms with van der Waals surface area (Å²) in [5.74, 6) is -2.25. The highest BCUT2D eigenvalue weighted by Gasteiger charge is 2.76. The van der Waals surface area contributed by atoms with Crippen LogP contribution in [0.5, 0.6) is 0 Å². The van der Waals surface area contributed by atoms with Gasteiger partial charge in [-0.05, 0) is 62.9 Å². The molecule has 0 aliphatic carbocycles. The molecule has 1 N–H and O–H groups in total. The Labute approximate surface area is 287 Å². The number of aliphatic hydroxyl groups is 1. The van der Waals surface area contributed by atoms with Gasteiger partial charge in [-0.25, -0.2) is 0 Å². The van der Waals surface area contributed by atoms with E-state index in [-0.39, 0.29) is 42.2 Å². The lowest BCUT2D eigenvalue weighted by molar-refractivity contribution is -0.145. The molecule has 3 unspecified atom stereocenters. The van der Waals surface area contributed by atoms with Gasteiger partial charge in [0.2, 0.25) is 11.8 Å². The molecule has 2 aromatic rings. The summed E-state index contributed by atoms with van der Waals surface area (Å²) in [4.78, 5) is 50.9. The largest absolute Gasteiger partial charge is 0.396 e. The van der Waals surface area contributed by atoms with Gasteiger partial charge in [0, 0.05) is 62.1 Å². The molecule has 9 nitrogen and oxygen atoms in total. The molecule has 3 amide bonds. The fourth-order valence-electron chi connectivity index (χ4n) is 7.76. The van der Waals surface area contributed by atoms with Gasteiger partial charge in [0.15, 0.2) is 0 Å². The van der Waals surface area contributed by atoms with Crippen LogP contribution in [0.3, 0.4) is 0 Å². The molecule has 3 aliphatic rings. The van der Waals surface area contributed by atoms with E-state index in [9.17, 15) is 19.5 Å². The topological polar surface area (TPSA) is 93.6 Å². The van der Waals surface area contributed by atoms with Crippen molar-refractivity contribution in [1.82, 2.24) is 9.80 Å². The van der Waals surface area contributed by atoms with E-state index < -0.39 is 29.6 Å². The number of unbranched alkanes of at least 4 members (excludes halogenated alkanes) is 1. The number of halogens is 1. The Balaban J connectivity index is 1.52. The smallest absolute Gasteiger partial charge is 0.253 e. The first-order chi connectivity index (χ1) is 22.8. The molecule has 252 valence electrons. The van der Waals surface area contributed by atoms with E-state index in [0.717, 1.165) is 24.3 Å². The molecule has 0 aromatic heterocycles. The first kappa shape index (κ1) is 34.9. The number of amides is 3. The van der Waals surface area contributed by atoms with E-state index >= 15 is 0 Å². The van der Waals surface area contributed by atoms with Crippen LogP contribution in [-0.4, -0.2) is 94.5 Å². The molecule has 2 aromatic carbocycles. The van der Waals surface area contributed by atoms with Crippen molar-refractivity contribution in [1.29, 1.82) is 0 Å². The Kier molecular flexibility index (Phi) is 11.3. The number of hydrogen-bond acceptors (Lipinski definition) is 6. The van der Waals surface area contributed by atoms with E-state index in [1.807, 2.05) is 54.6 Å². The molecule has 0 saturated carbocycles. The Morgan fingerprint density at radius 3 is 2.28 bits per heavy atom. The standard InChI is InChI=1S/C37H47BrN4O5/c1-5-20-40(25-26-14-10-9-11-15-26)34(44)30-31-35(45)42(22-12-13-23-43)33(37(31)24-29(38)32(30)47-37)36(46)41(21-6-2)28-18-16-27(17-19-28)39(7-3)8-4/h5-6,9-11,14-19,29-33,43H,1-2,7-8,12-13,20-25H2,3-4H3/t29?,30-,31+,32-,33?,37?/m1/s1. The average molecular weight is 708 g/mol. The predicted octanol–water partition coefficient (Wildman–Crippen LogP) is 4.79. The molecule has 5 rings (SSSR count). The van der Waals surface area contributed by atoms with Crippen LogP contribution in [-0.2, 0) is 25.7 Å². The summed E-state index contributed by atoms with van der Waals surface area (Å²) >= 11 is 3.79. The third kappa shape index (κ3) is 6.52. The number of fused-ring (bicyclic) bond motifs is 1. The normalized spacial score (nSPS) is 25.8. The number of likely N-dealkylation sites (tertiary alicyclic amines) is 1. The molecular formula is C37H47BrN4O5. The number of carbonyl (C=O) groups excluding carboxylic acids is 3. The number of anilines is 2. The number of aliphatic hydroxyl groups excluding tert-OH is 1. The molecule has 6 atom stereocenters. The molecule has 47 heavy (non-hydrogen) atoms. The number of rotatable bonds is 16. The Bertz CT molecular complexity index is 1430. The minimum atomic E-state index is -1.18. The second-order valence-corrected chi connectivity index (χ2v) is 13.7. The lowest BCUT2D eigenvalue weighted by Gasteiger charge is -2.37. The molecule has 10 heteroatoms. The fraction of sp³-hybridized carbons (Fsp3) is 0.486. The van der Waals surface area contributed by atoms with Crippen LogP contribution < -0.4 is 9.80 Å². The van der Waals surface area contributed by atoms with Crippen LogP contribution in [0.4, 0.5) is 11.4 Å². The predicted molar refractivity (Wildman–Crippen MR) is 188 cm³/mol. The van der Waals surface area contributed by atoms with E-state index in [1.54, 1.807) is 26.9 Å². The average Bonchev–Trinajstić information content (AvgIpc) is 3.67. The highest BCUT2D eigenvalue weighted by Crippen LogP contribution is 2.60. The summed E-state index contributed by atoms with van der Waals surface area (Å²) in [6.45, 7) is 14.9. The third-order valence-corrected chi connectivity index (χ3v) is 10.7. The molecule has 0 radical (unpaired) electrons. The van der Waals surface area contributed by atoms with Crippen molar-refractivity contribution in [2.24, 2.45) is 11.8 Å². The van der Waals surface area contributed by atoms with Crippen molar-refractivity contribution in [3.63, 3.8) is 0 Å². The van der Waals surface area contributed by atoms with Gasteiger partial charge in [-0.15, -0.1) is 13.2 Å². The molecule has 3 saturated heterocycles. The number of benzene rings is 2. The zero-order valence-corrected chi connectivity index (χ0v) is 29.1. The third-order valence-electron chi connectivity index (χ3n) is 9.86. The number of hydrogen-bond donors (Lipinski definition) is 1. The van der Waals surface area contributed by atoms with Crippen LogP contribution in [0.1, 0.15) is 38.7 Å². The summed E-state index contributed by atoms with van der Waals surface area (Å²) in [6.07, 6.45) is 4.25. The van der Waals surface area contributed by atoms with Crippen molar-refractivity contribution >= 4 is 45.0 Å². The monoisotopic (exact) mass is 706 g/mol. The van der Waals surface area contributed by atoms with Crippen molar-refractivity contribution in [3.05, 3.63) is 85.5 Å². The summed E-state index contributed by atoms with van der Waals surface area (Å²) in [5.41, 5.74) is 1.55. The second kappa shape index (κ2) is 15.2. The molecule has 3 heterocycles. The van der Waals surface area contributed by atoms with E-state index in [4.69, 9.17) is 4.74 Å². The van der Waals surface area contributed by atoms with E-state index in [0.29, 0.717) is 38.0 Å². The first-order valence-corrected chi connectivity index (χ1v) is 17.6. The van der Waals surface area contributed by atoms with Crippen molar-refractivity contribution in [2.75, 3.05) is 49.1 Å². The van der Waals surface area contributed by atoms with Gasteiger partial charge in [-0.1, -0.05) is 58.4 Å². The Morgan fingerprint density at radius 2 is 1.66 bits per heavy atom. The summed E-state index contributed by atoms with van der Waals surface area (Å²) in [5, 5.41) is 9.55. The van der Waals surface area contributed by atoms with Crippen molar-refractivity contribution in [3.8, 4) is 0 Å². The number of alkyl halides is 1.